The Morgan fingerprint density at radius 3 is 2.15 bits per heavy atom. The Morgan fingerprint density at radius 1 is 1.11 bits per heavy atom. The van der Waals surface area contributed by atoms with Crippen LogP contribution in [-0.2, 0) is 19.4 Å². The first-order valence-electron chi connectivity index (χ1n) is 8.27. The molecule has 27 heavy (non-hydrogen) atoms. The molecule has 144 valence electrons. The topological polar surface area (TPSA) is 80.7 Å². The maximum Gasteiger partial charge on any atom is 0.309 e. The van der Waals surface area contributed by atoms with Crippen molar-refractivity contribution < 1.29 is 23.1 Å². The minimum Gasteiger partial charge on any atom is -0.481 e. The summed E-state index contributed by atoms with van der Waals surface area (Å²) in [6, 6.07) is 13.2. The van der Waals surface area contributed by atoms with Crippen LogP contribution >= 0.6 is 15.9 Å². The first-order valence-corrected chi connectivity index (χ1v) is 10.6. The maximum atomic E-state index is 12.8. The predicted octanol–water partition coefficient (Wildman–Crippen LogP) is 4.69. The standard InChI is InChI=1S/C20H21BrO5S/c1-4-15-5-7-16(8-6-15)19(13(2)20(22)23)26-14(3)27(24,25)18-11-9-17(21)10-12-18/h4-14,19H,1H2,2-3H3,(H,22,23)/t13-,14?,19+/m1/s1. The minimum atomic E-state index is -3.78. The highest BCUT2D eigenvalue weighted by Gasteiger charge is 2.33. The van der Waals surface area contributed by atoms with Crippen molar-refractivity contribution in [2.75, 3.05) is 0 Å². The third-order valence-electron chi connectivity index (χ3n) is 4.26. The number of carboxylic acids is 1. The highest BCUT2D eigenvalue weighted by atomic mass is 79.9. The number of carbonyl (C=O) groups is 1. The SMILES string of the molecule is C=Cc1ccc([C@@H](OC(C)S(=O)(=O)c2ccc(Br)cc2)[C@@H](C)C(=O)O)cc1. The summed E-state index contributed by atoms with van der Waals surface area (Å²) in [6.07, 6.45) is 0.752. The summed E-state index contributed by atoms with van der Waals surface area (Å²) < 4.78 is 32.1. The Morgan fingerprint density at radius 2 is 1.67 bits per heavy atom. The van der Waals surface area contributed by atoms with Crippen molar-refractivity contribution in [2.45, 2.75) is 30.3 Å². The Labute approximate surface area is 167 Å². The van der Waals surface area contributed by atoms with Gasteiger partial charge in [0.1, 0.15) is 0 Å². The Hall–Kier alpha value is -1.96. The molecule has 0 amide bonds. The van der Waals surface area contributed by atoms with Crippen molar-refractivity contribution in [2.24, 2.45) is 5.92 Å². The summed E-state index contributed by atoms with van der Waals surface area (Å²) in [5.41, 5.74) is 0.244. The van der Waals surface area contributed by atoms with E-state index in [1.807, 2.05) is 0 Å². The van der Waals surface area contributed by atoms with Crippen LogP contribution in [-0.4, -0.2) is 24.9 Å². The number of sulfone groups is 1. The third-order valence-corrected chi connectivity index (χ3v) is 6.70. The molecule has 0 heterocycles. The van der Waals surface area contributed by atoms with E-state index in [1.54, 1.807) is 42.5 Å². The van der Waals surface area contributed by atoms with Crippen LogP contribution in [0.3, 0.4) is 0 Å². The van der Waals surface area contributed by atoms with Crippen molar-refractivity contribution in [1.82, 2.24) is 0 Å². The number of aliphatic carboxylic acids is 1. The molecule has 0 fully saturated rings. The molecule has 0 bridgehead atoms. The lowest BCUT2D eigenvalue weighted by atomic mass is 9.96. The Bertz CT molecular complexity index is 904. The quantitative estimate of drug-likeness (QED) is 0.627. The molecule has 2 rings (SSSR count). The molecule has 1 N–H and O–H groups in total. The second kappa shape index (κ2) is 8.82. The molecule has 7 heteroatoms. The van der Waals surface area contributed by atoms with Crippen LogP contribution in [0.4, 0.5) is 0 Å². The van der Waals surface area contributed by atoms with Gasteiger partial charge in [0.25, 0.3) is 0 Å². The van der Waals surface area contributed by atoms with Crippen LogP contribution in [0.25, 0.3) is 6.08 Å². The summed E-state index contributed by atoms with van der Waals surface area (Å²) in [7, 11) is -3.78. The van der Waals surface area contributed by atoms with E-state index in [9.17, 15) is 18.3 Å². The van der Waals surface area contributed by atoms with Crippen LogP contribution in [0.1, 0.15) is 31.1 Å². The summed E-state index contributed by atoms with van der Waals surface area (Å²) >= 11 is 3.27. The smallest absolute Gasteiger partial charge is 0.309 e. The monoisotopic (exact) mass is 452 g/mol. The van der Waals surface area contributed by atoms with Gasteiger partial charge in [0, 0.05) is 4.47 Å². The first kappa shape index (κ1) is 21.3. The van der Waals surface area contributed by atoms with Gasteiger partial charge < -0.3 is 9.84 Å². The average Bonchev–Trinajstić information content (AvgIpc) is 2.65. The molecule has 0 radical (unpaired) electrons. The summed E-state index contributed by atoms with van der Waals surface area (Å²) in [4.78, 5) is 11.6. The zero-order valence-electron chi connectivity index (χ0n) is 15.0. The summed E-state index contributed by atoms with van der Waals surface area (Å²) in [6.45, 7) is 6.59. The molecule has 0 aliphatic rings. The van der Waals surface area contributed by atoms with Gasteiger partial charge in [-0.1, -0.05) is 52.9 Å². The number of hydrogen-bond acceptors (Lipinski definition) is 4. The van der Waals surface area contributed by atoms with E-state index in [1.165, 1.54) is 26.0 Å². The molecule has 0 saturated carbocycles. The van der Waals surface area contributed by atoms with Crippen LogP contribution in [0.5, 0.6) is 0 Å². The predicted molar refractivity (Wildman–Crippen MR) is 108 cm³/mol. The second-order valence-corrected chi connectivity index (χ2v) is 9.26. The first-order chi connectivity index (χ1) is 12.7. The van der Waals surface area contributed by atoms with Gasteiger partial charge in [0.05, 0.1) is 16.9 Å². The van der Waals surface area contributed by atoms with E-state index >= 15 is 0 Å². The Balaban J connectivity index is 2.34. The largest absolute Gasteiger partial charge is 0.481 e. The fourth-order valence-electron chi connectivity index (χ4n) is 2.53. The van der Waals surface area contributed by atoms with Gasteiger partial charge in [-0.25, -0.2) is 8.42 Å². The molecule has 0 aliphatic heterocycles. The van der Waals surface area contributed by atoms with Crippen LogP contribution in [0, 0.1) is 5.92 Å². The molecule has 5 nitrogen and oxygen atoms in total. The normalized spacial score (nSPS) is 14.9. The minimum absolute atomic E-state index is 0.113. The van der Waals surface area contributed by atoms with Crippen molar-refractivity contribution >= 4 is 37.8 Å². The van der Waals surface area contributed by atoms with Crippen molar-refractivity contribution in [3.05, 3.63) is 70.7 Å². The van der Waals surface area contributed by atoms with Crippen LogP contribution in [0.2, 0.25) is 0 Å². The van der Waals surface area contributed by atoms with E-state index in [4.69, 9.17) is 4.74 Å². The van der Waals surface area contributed by atoms with Crippen molar-refractivity contribution in [3.63, 3.8) is 0 Å². The van der Waals surface area contributed by atoms with E-state index in [-0.39, 0.29) is 4.90 Å². The fraction of sp³-hybridized carbons (Fsp3) is 0.250. The van der Waals surface area contributed by atoms with Crippen molar-refractivity contribution in [1.29, 1.82) is 0 Å². The average molecular weight is 453 g/mol. The highest BCUT2D eigenvalue weighted by Crippen LogP contribution is 2.31. The number of hydrogen-bond donors (Lipinski definition) is 1. The van der Waals surface area contributed by atoms with Gasteiger partial charge in [-0.15, -0.1) is 0 Å². The van der Waals surface area contributed by atoms with E-state index < -0.39 is 33.3 Å². The summed E-state index contributed by atoms with van der Waals surface area (Å²) in [5.74, 6) is -2.00. The number of halogens is 1. The molecule has 1 unspecified atom stereocenters. The zero-order chi connectivity index (χ0) is 20.2. The van der Waals surface area contributed by atoms with Gasteiger partial charge in [0.2, 0.25) is 9.84 Å². The molecular weight excluding hydrogens is 432 g/mol. The van der Waals surface area contributed by atoms with Gasteiger partial charge >= 0.3 is 5.97 Å². The number of benzene rings is 2. The third kappa shape index (κ3) is 5.06. The highest BCUT2D eigenvalue weighted by molar-refractivity contribution is 9.10. The van der Waals surface area contributed by atoms with Gasteiger partial charge in [-0.2, -0.15) is 0 Å². The molecule has 2 aromatic carbocycles. The zero-order valence-corrected chi connectivity index (χ0v) is 17.4. The van der Waals surface area contributed by atoms with Crippen LogP contribution in [0.15, 0.2) is 64.5 Å². The van der Waals surface area contributed by atoms with Gasteiger partial charge in [-0.05, 0) is 49.2 Å². The lowest BCUT2D eigenvalue weighted by Crippen LogP contribution is -2.29. The lowest BCUT2D eigenvalue weighted by molar-refractivity contribution is -0.147. The van der Waals surface area contributed by atoms with E-state index in [2.05, 4.69) is 22.5 Å². The van der Waals surface area contributed by atoms with Gasteiger partial charge in [0.15, 0.2) is 5.44 Å². The van der Waals surface area contributed by atoms with Crippen molar-refractivity contribution in [3.8, 4) is 0 Å². The molecule has 0 aliphatic carbocycles. The lowest BCUT2D eigenvalue weighted by Gasteiger charge is -2.26. The fourth-order valence-corrected chi connectivity index (χ4v) is 3.96. The van der Waals surface area contributed by atoms with Gasteiger partial charge in [-0.3, -0.25) is 4.79 Å². The molecule has 3 atom stereocenters. The van der Waals surface area contributed by atoms with Crippen LogP contribution < -0.4 is 0 Å². The molecule has 2 aromatic rings. The molecule has 0 aromatic heterocycles. The number of carboxylic acid groups (broad SMARTS) is 1. The molecule has 0 spiro atoms. The van der Waals surface area contributed by atoms with E-state index in [0.717, 1.165) is 10.0 Å². The number of rotatable bonds is 8. The van der Waals surface area contributed by atoms with E-state index in [0.29, 0.717) is 5.56 Å². The summed E-state index contributed by atoms with van der Waals surface area (Å²) in [5, 5.41) is 9.43. The molecule has 0 saturated heterocycles. The second-order valence-electron chi connectivity index (χ2n) is 6.12. The molecular formula is C20H21BrO5S. The number of ether oxygens (including phenoxy) is 1. The maximum absolute atomic E-state index is 12.8. The Kier molecular flexibility index (Phi) is 6.97.